The lowest BCUT2D eigenvalue weighted by molar-refractivity contribution is -0.161. The summed E-state index contributed by atoms with van der Waals surface area (Å²) in [6.45, 7) is 9.41. The van der Waals surface area contributed by atoms with Crippen LogP contribution in [0.5, 0.6) is 0 Å². The average Bonchev–Trinajstić information content (AvgIpc) is 3.60. The number of hydrogen-bond donors (Lipinski definition) is 3. The second-order valence-corrected chi connectivity index (χ2v) is 27.1. The van der Waals surface area contributed by atoms with Gasteiger partial charge >= 0.3 is 39.5 Å². The fourth-order valence-electron chi connectivity index (χ4n) is 9.68. The molecular weight excluding hydrogens is 1110 g/mol. The van der Waals surface area contributed by atoms with Gasteiger partial charge in [-0.1, -0.05) is 273 Å². The lowest BCUT2D eigenvalue weighted by Crippen LogP contribution is -2.30. The van der Waals surface area contributed by atoms with Crippen LogP contribution < -0.4 is 0 Å². The van der Waals surface area contributed by atoms with Gasteiger partial charge in [0.05, 0.1) is 26.4 Å². The summed E-state index contributed by atoms with van der Waals surface area (Å²) < 4.78 is 68.0. The van der Waals surface area contributed by atoms with Gasteiger partial charge in [-0.05, 0) is 37.5 Å². The number of phosphoric ester groups is 2. The van der Waals surface area contributed by atoms with Gasteiger partial charge in [-0.15, -0.1) is 0 Å². The maximum atomic E-state index is 13.0. The zero-order valence-electron chi connectivity index (χ0n) is 54.2. The number of esters is 4. The summed E-state index contributed by atoms with van der Waals surface area (Å²) >= 11 is 0. The topological polar surface area (TPSA) is 237 Å². The van der Waals surface area contributed by atoms with Gasteiger partial charge in [0.25, 0.3) is 0 Å². The predicted molar refractivity (Wildman–Crippen MR) is 335 cm³/mol. The van der Waals surface area contributed by atoms with Crippen molar-refractivity contribution in [3.63, 3.8) is 0 Å². The van der Waals surface area contributed by atoms with E-state index in [1.165, 1.54) is 128 Å². The Morgan fingerprint density at radius 3 is 0.905 bits per heavy atom. The first-order valence-electron chi connectivity index (χ1n) is 34.0. The monoisotopic (exact) mass is 1240 g/mol. The molecule has 3 N–H and O–H groups in total. The Labute approximate surface area is 511 Å². The molecule has 0 amide bonds. The van der Waals surface area contributed by atoms with Gasteiger partial charge in [-0.2, -0.15) is 0 Å². The lowest BCUT2D eigenvalue weighted by atomic mass is 10.00. The van der Waals surface area contributed by atoms with Gasteiger partial charge in [-0.3, -0.25) is 37.3 Å². The molecule has 0 aromatic carbocycles. The number of rotatable bonds is 64. The van der Waals surface area contributed by atoms with Crippen molar-refractivity contribution in [2.24, 2.45) is 11.8 Å². The quantitative estimate of drug-likeness (QED) is 0.0222. The van der Waals surface area contributed by atoms with Gasteiger partial charge in [0.2, 0.25) is 0 Å². The zero-order valence-corrected chi connectivity index (χ0v) is 56.0. The number of carbonyl (C=O) groups excluding carboxylic acids is 4. The Bertz CT molecular complexity index is 1650. The summed E-state index contributed by atoms with van der Waals surface area (Å²) in [5, 5.41) is 10.5. The molecule has 84 heavy (non-hydrogen) atoms. The first-order valence-corrected chi connectivity index (χ1v) is 37.0. The first-order chi connectivity index (χ1) is 40.4. The second kappa shape index (κ2) is 57.5. The maximum Gasteiger partial charge on any atom is 0.472 e. The van der Waals surface area contributed by atoms with E-state index in [2.05, 4.69) is 41.5 Å². The van der Waals surface area contributed by atoms with Crippen LogP contribution in [0.3, 0.4) is 0 Å². The van der Waals surface area contributed by atoms with Crippen molar-refractivity contribution in [1.82, 2.24) is 0 Å². The van der Waals surface area contributed by atoms with E-state index in [1.54, 1.807) is 0 Å². The summed E-state index contributed by atoms with van der Waals surface area (Å²) in [6, 6.07) is 0. The third kappa shape index (κ3) is 57.8. The smallest absolute Gasteiger partial charge is 0.462 e. The van der Waals surface area contributed by atoms with Crippen LogP contribution in [0.15, 0.2) is 0 Å². The van der Waals surface area contributed by atoms with E-state index in [1.807, 2.05) is 0 Å². The molecule has 0 rings (SSSR count). The standard InChI is InChI=1S/C65H126O17P2/c1-7-10-12-14-16-17-18-19-20-21-26-30-37-43-49-64(69)81-60(54-76-63(68)48-42-36-29-25-23-22-24-28-33-39-45-57(4)5)55-79-83(71,72)77-51-59(66)52-78-84(73,74)80-56-61(53-75-62(67)47-41-35-27-15-13-11-8-2)82-65(70)50-44-38-32-31-34-40-46-58(6)9-3/h57-61,66H,7-56H2,1-6H3,(H,71,72)(H,73,74)/t58?,59-,60-,61-/m1/s1. The molecule has 0 aliphatic heterocycles. The van der Waals surface area contributed by atoms with E-state index >= 15 is 0 Å². The van der Waals surface area contributed by atoms with Crippen LogP contribution in [-0.2, 0) is 65.4 Å². The van der Waals surface area contributed by atoms with Gasteiger partial charge < -0.3 is 33.8 Å². The largest absolute Gasteiger partial charge is 0.472 e. The van der Waals surface area contributed by atoms with Crippen molar-refractivity contribution in [1.29, 1.82) is 0 Å². The normalized spacial score (nSPS) is 14.6. The fourth-order valence-corrected chi connectivity index (χ4v) is 11.3. The first kappa shape index (κ1) is 82.1. The predicted octanol–water partition coefficient (Wildman–Crippen LogP) is 18.0. The van der Waals surface area contributed by atoms with Crippen LogP contribution >= 0.6 is 15.6 Å². The van der Waals surface area contributed by atoms with E-state index in [-0.39, 0.29) is 25.7 Å². The van der Waals surface area contributed by atoms with Crippen LogP contribution in [0.4, 0.5) is 0 Å². The Hall–Kier alpha value is -1.94. The van der Waals surface area contributed by atoms with Crippen molar-refractivity contribution in [2.75, 3.05) is 39.6 Å². The Balaban J connectivity index is 5.22. The molecule has 498 valence electrons. The molecule has 0 radical (unpaired) electrons. The van der Waals surface area contributed by atoms with Crippen molar-refractivity contribution in [3.8, 4) is 0 Å². The maximum absolute atomic E-state index is 13.0. The van der Waals surface area contributed by atoms with Gasteiger partial charge in [0, 0.05) is 25.7 Å². The summed E-state index contributed by atoms with van der Waals surface area (Å²) in [5.41, 5.74) is 0. The molecule has 0 saturated carbocycles. The highest BCUT2D eigenvalue weighted by Gasteiger charge is 2.30. The number of ether oxygens (including phenoxy) is 4. The minimum atomic E-state index is -4.95. The van der Waals surface area contributed by atoms with E-state index in [9.17, 15) is 43.2 Å². The molecule has 0 spiro atoms. The molecule has 3 unspecified atom stereocenters. The van der Waals surface area contributed by atoms with E-state index in [0.29, 0.717) is 25.7 Å². The van der Waals surface area contributed by atoms with E-state index in [0.717, 1.165) is 115 Å². The van der Waals surface area contributed by atoms with Crippen molar-refractivity contribution >= 4 is 39.5 Å². The average molecular weight is 1240 g/mol. The molecule has 0 saturated heterocycles. The second-order valence-electron chi connectivity index (χ2n) is 24.2. The van der Waals surface area contributed by atoms with Crippen LogP contribution in [0.1, 0.15) is 324 Å². The van der Waals surface area contributed by atoms with E-state index in [4.69, 9.17) is 37.0 Å². The molecule has 0 heterocycles. The zero-order chi connectivity index (χ0) is 62.2. The third-order valence-electron chi connectivity index (χ3n) is 15.3. The molecule has 0 aliphatic rings. The Morgan fingerprint density at radius 2 is 0.607 bits per heavy atom. The molecule has 6 atom stereocenters. The van der Waals surface area contributed by atoms with Crippen molar-refractivity contribution in [2.45, 2.75) is 342 Å². The summed E-state index contributed by atoms with van der Waals surface area (Å²) in [4.78, 5) is 72.2. The fraction of sp³-hybridized carbons (Fsp3) is 0.938. The van der Waals surface area contributed by atoms with Crippen molar-refractivity contribution < 1.29 is 80.2 Å². The SMILES string of the molecule is CCCCCCCCCCCCCCCCC(=O)O[C@H](COC(=O)CCCCCCCCCCCCC(C)C)COP(=O)(O)OC[C@@H](O)COP(=O)(O)OC[C@@H](COC(=O)CCCCCCCCC)OC(=O)CCCCCCCCC(C)CC. The number of carbonyl (C=O) groups is 4. The van der Waals surface area contributed by atoms with Gasteiger partial charge in [-0.25, -0.2) is 9.13 Å². The molecule has 0 aromatic rings. The minimum Gasteiger partial charge on any atom is -0.462 e. The van der Waals surface area contributed by atoms with Crippen LogP contribution in [-0.4, -0.2) is 96.7 Å². The number of unbranched alkanes of at least 4 members (excludes halogenated alkanes) is 33. The van der Waals surface area contributed by atoms with Crippen LogP contribution in [0.25, 0.3) is 0 Å². The van der Waals surface area contributed by atoms with E-state index < -0.39 is 97.5 Å². The highest BCUT2D eigenvalue weighted by molar-refractivity contribution is 7.47. The molecule has 0 bridgehead atoms. The lowest BCUT2D eigenvalue weighted by Gasteiger charge is -2.21. The molecule has 0 aromatic heterocycles. The highest BCUT2D eigenvalue weighted by atomic mass is 31.2. The molecule has 0 aliphatic carbocycles. The summed E-state index contributed by atoms with van der Waals surface area (Å²) in [5.74, 6) is -0.658. The Kier molecular flexibility index (Phi) is 56.2. The number of aliphatic hydroxyl groups is 1. The molecule has 0 fully saturated rings. The molecule has 17 nitrogen and oxygen atoms in total. The summed E-state index contributed by atoms with van der Waals surface area (Å²) in [6.07, 6.45) is 40.4. The number of phosphoric acid groups is 2. The third-order valence-corrected chi connectivity index (χ3v) is 17.2. The Morgan fingerprint density at radius 1 is 0.345 bits per heavy atom. The van der Waals surface area contributed by atoms with Crippen LogP contribution in [0, 0.1) is 11.8 Å². The highest BCUT2D eigenvalue weighted by Crippen LogP contribution is 2.45. The number of aliphatic hydroxyl groups excluding tert-OH is 1. The molecule has 19 heteroatoms. The van der Waals surface area contributed by atoms with Gasteiger partial charge in [0.1, 0.15) is 19.3 Å². The summed E-state index contributed by atoms with van der Waals surface area (Å²) in [7, 11) is -9.89. The minimum absolute atomic E-state index is 0.102. The molecular formula is C65H126O17P2. The van der Waals surface area contributed by atoms with Crippen LogP contribution in [0.2, 0.25) is 0 Å². The number of hydrogen-bond acceptors (Lipinski definition) is 15. The van der Waals surface area contributed by atoms with Gasteiger partial charge in [0.15, 0.2) is 12.2 Å². The van der Waals surface area contributed by atoms with Crippen molar-refractivity contribution in [3.05, 3.63) is 0 Å².